The van der Waals surface area contributed by atoms with Crippen LogP contribution in [0.4, 0.5) is 13.2 Å². The van der Waals surface area contributed by atoms with E-state index in [2.05, 4.69) is 10.2 Å². The van der Waals surface area contributed by atoms with Gasteiger partial charge in [-0.3, -0.25) is 0 Å². The zero-order valence-corrected chi connectivity index (χ0v) is 14.4. The molecule has 0 fully saturated rings. The third-order valence-corrected chi connectivity index (χ3v) is 4.59. The van der Waals surface area contributed by atoms with Gasteiger partial charge in [0.05, 0.1) is 5.92 Å². The van der Waals surface area contributed by atoms with Crippen LogP contribution in [0.15, 0.2) is 40.8 Å². The molecular formula is C19H19F3N2O2. The molecule has 3 rings (SSSR count). The molecular weight excluding hydrogens is 345 g/mol. The molecule has 7 heteroatoms. The van der Waals surface area contributed by atoms with Crippen LogP contribution in [0.3, 0.4) is 0 Å². The number of hydrogen-bond acceptors (Lipinski definition) is 4. The third-order valence-electron chi connectivity index (χ3n) is 4.59. The fourth-order valence-corrected chi connectivity index (χ4v) is 3.18. The lowest BCUT2D eigenvalue weighted by atomic mass is 9.89. The fraction of sp³-hybridized carbons (Fsp3) is 0.368. The van der Waals surface area contributed by atoms with Gasteiger partial charge in [0.25, 0.3) is 0 Å². The molecule has 1 aromatic heterocycles. The number of benzene rings is 2. The second-order valence-corrected chi connectivity index (χ2v) is 6.35. The lowest BCUT2D eigenvalue weighted by Gasteiger charge is -2.23. The number of alkyl halides is 3. The van der Waals surface area contributed by atoms with E-state index in [0.29, 0.717) is 22.8 Å². The molecule has 2 atom stereocenters. The zero-order valence-electron chi connectivity index (χ0n) is 14.4. The molecule has 2 unspecified atom stereocenters. The van der Waals surface area contributed by atoms with Crippen molar-refractivity contribution in [3.8, 4) is 17.2 Å². The summed E-state index contributed by atoms with van der Waals surface area (Å²) in [5, 5.41) is 19.1. The van der Waals surface area contributed by atoms with Gasteiger partial charge >= 0.3 is 6.18 Å². The quantitative estimate of drug-likeness (QED) is 0.633. The van der Waals surface area contributed by atoms with Crippen molar-refractivity contribution in [1.82, 2.24) is 10.2 Å². The van der Waals surface area contributed by atoms with Gasteiger partial charge in [0.1, 0.15) is 5.75 Å². The van der Waals surface area contributed by atoms with Crippen LogP contribution in [-0.2, 0) is 0 Å². The van der Waals surface area contributed by atoms with E-state index in [-0.39, 0.29) is 24.0 Å². The highest BCUT2D eigenvalue weighted by atomic mass is 19.4. The van der Waals surface area contributed by atoms with Crippen LogP contribution in [0.1, 0.15) is 38.5 Å². The maximum Gasteiger partial charge on any atom is 0.392 e. The summed E-state index contributed by atoms with van der Waals surface area (Å²) in [4.78, 5) is 0. The largest absolute Gasteiger partial charge is 0.507 e. The smallest absolute Gasteiger partial charge is 0.392 e. The van der Waals surface area contributed by atoms with Gasteiger partial charge in [-0.2, -0.15) is 13.2 Å². The molecule has 0 bridgehead atoms. The van der Waals surface area contributed by atoms with Crippen LogP contribution in [0.2, 0.25) is 0 Å². The number of phenols is 1. The number of aromatic nitrogens is 2. The molecule has 0 radical (unpaired) electrons. The van der Waals surface area contributed by atoms with E-state index in [0.717, 1.165) is 0 Å². The first-order valence-corrected chi connectivity index (χ1v) is 8.44. The van der Waals surface area contributed by atoms with Crippen molar-refractivity contribution in [1.29, 1.82) is 0 Å². The van der Waals surface area contributed by atoms with E-state index in [4.69, 9.17) is 4.42 Å². The van der Waals surface area contributed by atoms with Crippen LogP contribution >= 0.6 is 0 Å². The van der Waals surface area contributed by atoms with Crippen LogP contribution in [0.5, 0.6) is 5.75 Å². The van der Waals surface area contributed by atoms with E-state index in [1.54, 1.807) is 37.3 Å². The number of rotatable bonds is 5. The molecule has 0 spiro atoms. The maximum atomic E-state index is 13.3. The molecule has 1 N–H and O–H groups in total. The molecule has 0 amide bonds. The van der Waals surface area contributed by atoms with Crippen LogP contribution < -0.4 is 0 Å². The minimum atomic E-state index is -4.32. The molecule has 3 aromatic rings. The van der Waals surface area contributed by atoms with E-state index < -0.39 is 18.0 Å². The highest BCUT2D eigenvalue weighted by Gasteiger charge is 2.44. The van der Waals surface area contributed by atoms with Gasteiger partial charge in [0.15, 0.2) is 0 Å². The summed E-state index contributed by atoms with van der Waals surface area (Å²) in [6.07, 6.45) is -3.90. The molecule has 0 aliphatic carbocycles. The summed E-state index contributed by atoms with van der Waals surface area (Å²) in [5.74, 6) is -2.25. The molecule has 138 valence electrons. The first-order chi connectivity index (χ1) is 12.3. The van der Waals surface area contributed by atoms with Gasteiger partial charge in [-0.05, 0) is 23.9 Å². The second-order valence-electron chi connectivity index (χ2n) is 6.35. The molecule has 0 aliphatic rings. The molecule has 2 aromatic carbocycles. The summed E-state index contributed by atoms with van der Waals surface area (Å²) in [6, 6.07) is 10.2. The number of nitrogens with zero attached hydrogens (tertiary/aromatic N) is 2. The molecule has 4 nitrogen and oxygen atoms in total. The Bertz CT molecular complexity index is 905. The minimum Gasteiger partial charge on any atom is -0.507 e. The monoisotopic (exact) mass is 364 g/mol. The average molecular weight is 364 g/mol. The van der Waals surface area contributed by atoms with E-state index in [9.17, 15) is 18.3 Å². The average Bonchev–Trinajstić information content (AvgIpc) is 3.08. The Morgan fingerprint density at radius 1 is 1.08 bits per heavy atom. The normalized spacial score (nSPS) is 14.5. The Hall–Kier alpha value is -2.57. The van der Waals surface area contributed by atoms with Crippen LogP contribution in [-0.4, -0.2) is 21.5 Å². The second kappa shape index (κ2) is 6.97. The summed E-state index contributed by atoms with van der Waals surface area (Å²) in [6.45, 7) is 3.17. The van der Waals surface area contributed by atoms with E-state index in [1.807, 2.05) is 0 Å². The molecule has 0 aliphatic heterocycles. The maximum absolute atomic E-state index is 13.3. The summed E-state index contributed by atoms with van der Waals surface area (Å²) < 4.78 is 45.5. The molecule has 1 heterocycles. The Labute approximate surface area is 148 Å². The number of aromatic hydroxyl groups is 1. The predicted molar refractivity (Wildman–Crippen MR) is 91.8 cm³/mol. The third kappa shape index (κ3) is 3.38. The lowest BCUT2D eigenvalue weighted by Crippen LogP contribution is -2.28. The highest BCUT2D eigenvalue weighted by molar-refractivity contribution is 5.98. The van der Waals surface area contributed by atoms with E-state index >= 15 is 0 Å². The molecule has 0 saturated carbocycles. The first-order valence-electron chi connectivity index (χ1n) is 8.44. The van der Waals surface area contributed by atoms with Crippen LogP contribution in [0, 0.1) is 5.92 Å². The van der Waals surface area contributed by atoms with Crippen LogP contribution in [0.25, 0.3) is 22.2 Å². The summed E-state index contributed by atoms with van der Waals surface area (Å²) in [7, 11) is 0. The lowest BCUT2D eigenvalue weighted by molar-refractivity contribution is -0.183. The van der Waals surface area contributed by atoms with Gasteiger partial charge in [-0.1, -0.05) is 44.5 Å². The topological polar surface area (TPSA) is 59.2 Å². The Morgan fingerprint density at radius 3 is 2.42 bits per heavy atom. The van der Waals surface area contributed by atoms with Crippen molar-refractivity contribution in [3.05, 3.63) is 42.3 Å². The predicted octanol–water partition coefficient (Wildman–Crippen LogP) is 5.68. The number of fused-ring (bicyclic) bond motifs is 1. The van der Waals surface area contributed by atoms with Crippen molar-refractivity contribution in [2.75, 3.05) is 0 Å². The van der Waals surface area contributed by atoms with Gasteiger partial charge in [0, 0.05) is 16.9 Å². The van der Waals surface area contributed by atoms with Crippen molar-refractivity contribution in [2.24, 2.45) is 5.92 Å². The zero-order chi connectivity index (χ0) is 18.9. The minimum absolute atomic E-state index is 0.00448. The Morgan fingerprint density at radius 2 is 1.77 bits per heavy atom. The number of hydrogen-bond donors (Lipinski definition) is 1. The van der Waals surface area contributed by atoms with Crippen molar-refractivity contribution in [2.45, 2.75) is 38.8 Å². The van der Waals surface area contributed by atoms with E-state index in [1.165, 1.54) is 13.0 Å². The number of halogens is 3. The highest BCUT2D eigenvalue weighted by Crippen LogP contribution is 2.41. The summed E-state index contributed by atoms with van der Waals surface area (Å²) >= 11 is 0. The van der Waals surface area contributed by atoms with Gasteiger partial charge in [-0.25, -0.2) is 0 Å². The summed E-state index contributed by atoms with van der Waals surface area (Å²) in [5.41, 5.74) is 0.573. The Kier molecular flexibility index (Phi) is 4.89. The SMILES string of the molecule is CCCC(C(C)c1nnc(-c2ccc(O)c3ccccc23)o1)C(F)(F)F. The van der Waals surface area contributed by atoms with Crippen molar-refractivity contribution in [3.63, 3.8) is 0 Å². The van der Waals surface area contributed by atoms with Gasteiger partial charge < -0.3 is 9.52 Å². The fourth-order valence-electron chi connectivity index (χ4n) is 3.18. The van der Waals surface area contributed by atoms with Crippen molar-refractivity contribution < 1.29 is 22.7 Å². The first kappa shape index (κ1) is 18.2. The standard InChI is InChI=1S/C19H19F3N2O2/c1-3-6-15(19(20,21)22)11(2)17-23-24-18(26-17)14-9-10-16(25)13-8-5-4-7-12(13)14/h4-5,7-11,15,25H,3,6H2,1-2H3. The van der Waals surface area contributed by atoms with Gasteiger partial charge in [0.2, 0.25) is 11.8 Å². The Balaban J connectivity index is 1.99. The van der Waals surface area contributed by atoms with Crippen molar-refractivity contribution >= 4 is 10.8 Å². The molecule has 26 heavy (non-hydrogen) atoms. The number of phenolic OH excluding ortho intramolecular Hbond substituents is 1. The molecule has 0 saturated heterocycles. The van der Waals surface area contributed by atoms with Gasteiger partial charge in [-0.15, -0.1) is 10.2 Å².